The van der Waals surface area contributed by atoms with E-state index in [0.29, 0.717) is 6.42 Å². The minimum absolute atomic E-state index is 0.108. The van der Waals surface area contributed by atoms with Gasteiger partial charge in [0.2, 0.25) is 0 Å². The molecule has 0 aliphatic heterocycles. The van der Waals surface area contributed by atoms with Gasteiger partial charge >= 0.3 is 0 Å². The molecule has 0 aliphatic carbocycles. The average molecular weight is 409 g/mol. The van der Waals surface area contributed by atoms with Gasteiger partial charge in [-0.15, -0.1) is 0 Å². The summed E-state index contributed by atoms with van der Waals surface area (Å²) in [5.74, 6) is -0.108. The number of nitrogens with two attached hydrogens (primary N) is 2. The Hall–Kier alpha value is -0.170. The predicted octanol–water partition coefficient (Wildman–Crippen LogP) is 5.43. The Morgan fingerprint density at radius 1 is 0.556 bits per heavy atom. The zero-order valence-corrected chi connectivity index (χ0v) is 18.8. The summed E-state index contributed by atoms with van der Waals surface area (Å²) < 4.78 is 28.0. The molecule has 0 fully saturated rings. The summed E-state index contributed by atoms with van der Waals surface area (Å²) in [5.41, 5.74) is 11.0. The van der Waals surface area contributed by atoms with Crippen molar-refractivity contribution in [3.05, 3.63) is 0 Å². The van der Waals surface area contributed by atoms with Gasteiger partial charge in [-0.2, -0.15) is 8.42 Å². The maximum absolute atomic E-state index is 9.95. The lowest BCUT2D eigenvalue weighted by molar-refractivity contribution is 0.480. The molecule has 0 aliphatic rings. The first-order valence-electron chi connectivity index (χ1n) is 11.3. The fourth-order valence-electron chi connectivity index (χ4n) is 2.91. The third-order valence-corrected chi connectivity index (χ3v) is 5.47. The summed E-state index contributed by atoms with van der Waals surface area (Å²) >= 11 is 0. The molecule has 0 aromatic carbocycles. The first-order chi connectivity index (χ1) is 13.0. The number of hydrogen-bond donors (Lipinski definition) is 3. The maximum Gasteiger partial charge on any atom is 0.264 e. The van der Waals surface area contributed by atoms with Gasteiger partial charge in [-0.3, -0.25) is 4.55 Å². The van der Waals surface area contributed by atoms with Crippen LogP contribution >= 0.6 is 0 Å². The van der Waals surface area contributed by atoms with Crippen molar-refractivity contribution < 1.29 is 13.0 Å². The number of hydrogen-bond acceptors (Lipinski definition) is 4. The molecule has 0 heterocycles. The van der Waals surface area contributed by atoms with Crippen molar-refractivity contribution in [1.29, 1.82) is 0 Å². The van der Waals surface area contributed by atoms with E-state index in [2.05, 4.69) is 0 Å². The van der Waals surface area contributed by atoms with Crippen molar-refractivity contribution in [3.63, 3.8) is 0 Å². The van der Waals surface area contributed by atoms with Gasteiger partial charge in [0.1, 0.15) is 0 Å². The highest BCUT2D eigenvalue weighted by molar-refractivity contribution is 7.85. The van der Waals surface area contributed by atoms with E-state index in [0.717, 1.165) is 19.5 Å². The number of unbranched alkanes of at least 4 members (excludes halogenated alkanes) is 15. The van der Waals surface area contributed by atoms with E-state index in [-0.39, 0.29) is 5.75 Å². The highest BCUT2D eigenvalue weighted by Crippen LogP contribution is 2.13. The van der Waals surface area contributed by atoms with Gasteiger partial charge in [0.25, 0.3) is 10.1 Å². The zero-order valence-electron chi connectivity index (χ0n) is 18.0. The largest absolute Gasteiger partial charge is 0.330 e. The lowest BCUT2D eigenvalue weighted by Gasteiger charge is -2.03. The molecule has 0 saturated heterocycles. The summed E-state index contributed by atoms with van der Waals surface area (Å²) in [6.45, 7) is 3.60. The summed E-state index contributed by atoms with van der Waals surface area (Å²) in [5, 5.41) is 0. The number of rotatable bonds is 19. The van der Waals surface area contributed by atoms with Crippen LogP contribution in [0.3, 0.4) is 0 Å². The van der Waals surface area contributed by atoms with Crippen molar-refractivity contribution >= 4 is 10.1 Å². The standard InChI is InChI=1S/C17H38N2.C4H10O3S/c18-16-14-12-10-8-6-4-2-1-3-5-7-9-11-13-15-17-19;1-2-3-4-8(5,6)7/h1-19H2;2-4H2,1H3,(H,5,6,7). The van der Waals surface area contributed by atoms with Crippen LogP contribution in [0.4, 0.5) is 0 Å². The van der Waals surface area contributed by atoms with Crippen LogP contribution in [0.15, 0.2) is 0 Å². The fraction of sp³-hybridized carbons (Fsp3) is 1.00. The summed E-state index contributed by atoms with van der Waals surface area (Å²) in [6, 6.07) is 0. The third-order valence-electron chi connectivity index (χ3n) is 4.66. The molecular formula is C21H48N2O3S. The second-order valence-corrected chi connectivity index (χ2v) is 9.09. The van der Waals surface area contributed by atoms with Gasteiger partial charge < -0.3 is 11.5 Å². The van der Waals surface area contributed by atoms with Gasteiger partial charge in [-0.1, -0.05) is 96.8 Å². The van der Waals surface area contributed by atoms with Crippen molar-refractivity contribution in [2.45, 2.75) is 116 Å². The molecule has 0 spiro atoms. The molecule has 5 N–H and O–H groups in total. The van der Waals surface area contributed by atoms with Crippen molar-refractivity contribution in [1.82, 2.24) is 0 Å². The van der Waals surface area contributed by atoms with E-state index in [1.165, 1.54) is 96.3 Å². The second kappa shape index (κ2) is 23.9. The first-order valence-corrected chi connectivity index (χ1v) is 12.9. The SMILES string of the molecule is CCCCS(=O)(=O)O.NCCCCCCCCCCCCCCCCCN. The lowest BCUT2D eigenvalue weighted by Crippen LogP contribution is -2.02. The molecule has 166 valence electrons. The van der Waals surface area contributed by atoms with Gasteiger partial charge in [0.05, 0.1) is 5.75 Å². The summed E-state index contributed by atoms with van der Waals surface area (Å²) in [6.07, 6.45) is 22.1. The fourth-order valence-corrected chi connectivity index (χ4v) is 3.57. The Morgan fingerprint density at radius 2 is 0.815 bits per heavy atom. The molecule has 0 radical (unpaired) electrons. The molecule has 27 heavy (non-hydrogen) atoms. The molecule has 0 atom stereocenters. The molecule has 0 amide bonds. The molecule has 5 nitrogen and oxygen atoms in total. The normalized spacial score (nSPS) is 11.3. The van der Waals surface area contributed by atoms with Crippen LogP contribution in [0.5, 0.6) is 0 Å². The Labute approximate surface area is 169 Å². The third kappa shape index (κ3) is 33.8. The van der Waals surface area contributed by atoms with Crippen molar-refractivity contribution in [2.75, 3.05) is 18.8 Å². The minimum atomic E-state index is -3.69. The van der Waals surface area contributed by atoms with E-state index in [4.69, 9.17) is 16.0 Å². The molecule has 0 unspecified atom stereocenters. The van der Waals surface area contributed by atoms with Gasteiger partial charge in [0.15, 0.2) is 0 Å². The van der Waals surface area contributed by atoms with E-state index in [1.807, 2.05) is 6.92 Å². The van der Waals surface area contributed by atoms with E-state index < -0.39 is 10.1 Å². The van der Waals surface area contributed by atoms with Gasteiger partial charge in [-0.05, 0) is 32.4 Å². The molecule has 6 heteroatoms. The first kappa shape index (κ1) is 29.0. The van der Waals surface area contributed by atoms with E-state index in [9.17, 15) is 8.42 Å². The average Bonchev–Trinajstić information content (AvgIpc) is 2.63. The van der Waals surface area contributed by atoms with Gasteiger partial charge in [0, 0.05) is 0 Å². The molecule has 0 rings (SSSR count). The lowest BCUT2D eigenvalue weighted by atomic mass is 10.0. The predicted molar refractivity (Wildman–Crippen MR) is 119 cm³/mol. The summed E-state index contributed by atoms with van der Waals surface area (Å²) in [7, 11) is -3.69. The van der Waals surface area contributed by atoms with Crippen LogP contribution in [0.25, 0.3) is 0 Å². The Bertz CT molecular complexity index is 346. The van der Waals surface area contributed by atoms with Crippen LogP contribution in [-0.4, -0.2) is 31.8 Å². The van der Waals surface area contributed by atoms with E-state index >= 15 is 0 Å². The Morgan fingerprint density at radius 3 is 0.963 bits per heavy atom. The topological polar surface area (TPSA) is 106 Å². The maximum atomic E-state index is 9.95. The molecule has 0 bridgehead atoms. The molecular weight excluding hydrogens is 360 g/mol. The second-order valence-electron chi connectivity index (χ2n) is 7.52. The Balaban J connectivity index is 0. The highest BCUT2D eigenvalue weighted by atomic mass is 32.2. The van der Waals surface area contributed by atoms with Crippen LogP contribution in [0, 0.1) is 0 Å². The molecule has 0 aromatic heterocycles. The zero-order chi connectivity index (χ0) is 20.6. The van der Waals surface area contributed by atoms with E-state index in [1.54, 1.807) is 0 Å². The molecule has 0 aromatic rings. The van der Waals surface area contributed by atoms with Crippen molar-refractivity contribution in [2.24, 2.45) is 11.5 Å². The minimum Gasteiger partial charge on any atom is -0.330 e. The van der Waals surface area contributed by atoms with Crippen LogP contribution in [-0.2, 0) is 10.1 Å². The monoisotopic (exact) mass is 408 g/mol. The van der Waals surface area contributed by atoms with Gasteiger partial charge in [-0.25, -0.2) is 0 Å². The van der Waals surface area contributed by atoms with Crippen molar-refractivity contribution in [3.8, 4) is 0 Å². The van der Waals surface area contributed by atoms with Crippen LogP contribution in [0.2, 0.25) is 0 Å². The quantitative estimate of drug-likeness (QED) is 0.195. The Kier molecular flexibility index (Phi) is 25.7. The van der Waals surface area contributed by atoms with Crippen LogP contribution in [0.1, 0.15) is 116 Å². The van der Waals surface area contributed by atoms with Crippen LogP contribution < -0.4 is 11.5 Å². The summed E-state index contributed by atoms with van der Waals surface area (Å²) in [4.78, 5) is 0. The molecule has 0 saturated carbocycles. The highest BCUT2D eigenvalue weighted by Gasteiger charge is 2.00. The smallest absolute Gasteiger partial charge is 0.264 e.